The standard InChI is InChI=1S/C16H21FN2O.ClH/c17-14-3-1-2-13(11-14)10-12-4-8-19(9-5-12)15(20)16(18)6-7-16;/h1-3,11-12H,4-10,18H2;1H. The number of carbonyl (C=O) groups is 1. The smallest absolute Gasteiger partial charge is 0.242 e. The van der Waals surface area contributed by atoms with E-state index in [9.17, 15) is 9.18 Å². The van der Waals surface area contributed by atoms with Gasteiger partial charge in [-0.2, -0.15) is 0 Å². The van der Waals surface area contributed by atoms with Crippen molar-refractivity contribution in [3.8, 4) is 0 Å². The Balaban J connectivity index is 0.00000161. The number of halogens is 2. The lowest BCUT2D eigenvalue weighted by atomic mass is 9.90. The molecule has 21 heavy (non-hydrogen) atoms. The Kier molecular flexibility index (Phi) is 4.89. The van der Waals surface area contributed by atoms with Crippen LogP contribution in [-0.2, 0) is 11.2 Å². The summed E-state index contributed by atoms with van der Waals surface area (Å²) in [6.07, 6.45) is 4.52. The molecule has 3 nitrogen and oxygen atoms in total. The third-order valence-electron chi connectivity index (χ3n) is 4.53. The van der Waals surface area contributed by atoms with Gasteiger partial charge >= 0.3 is 0 Å². The number of benzene rings is 1. The van der Waals surface area contributed by atoms with Crippen LogP contribution < -0.4 is 5.73 Å². The van der Waals surface area contributed by atoms with Gasteiger partial charge in [0.25, 0.3) is 0 Å². The average Bonchev–Trinajstić information content (AvgIpc) is 3.18. The Hall–Kier alpha value is -1.13. The van der Waals surface area contributed by atoms with Gasteiger partial charge in [0.1, 0.15) is 5.82 Å². The fourth-order valence-electron chi connectivity index (χ4n) is 3.00. The minimum Gasteiger partial charge on any atom is -0.341 e. The van der Waals surface area contributed by atoms with Gasteiger partial charge in [-0.25, -0.2) is 4.39 Å². The molecule has 1 aliphatic carbocycles. The van der Waals surface area contributed by atoms with Crippen LogP contribution in [0, 0.1) is 11.7 Å². The van der Waals surface area contributed by atoms with Crippen LogP contribution in [0.3, 0.4) is 0 Å². The summed E-state index contributed by atoms with van der Waals surface area (Å²) in [5, 5.41) is 0. The van der Waals surface area contributed by atoms with Crippen LogP contribution in [-0.4, -0.2) is 29.4 Å². The largest absolute Gasteiger partial charge is 0.341 e. The van der Waals surface area contributed by atoms with Crippen molar-refractivity contribution >= 4 is 18.3 Å². The molecule has 1 aromatic carbocycles. The van der Waals surface area contributed by atoms with E-state index >= 15 is 0 Å². The Morgan fingerprint density at radius 3 is 2.57 bits per heavy atom. The molecule has 2 fully saturated rings. The SMILES string of the molecule is Cl.NC1(C(=O)N2CCC(Cc3cccc(F)c3)CC2)CC1. The second-order valence-electron chi connectivity index (χ2n) is 6.23. The Bertz CT molecular complexity index is 511. The molecule has 1 saturated carbocycles. The van der Waals surface area contributed by atoms with E-state index in [0.717, 1.165) is 50.8 Å². The first-order valence-electron chi connectivity index (χ1n) is 7.39. The van der Waals surface area contributed by atoms with E-state index in [0.29, 0.717) is 5.92 Å². The zero-order valence-corrected chi connectivity index (χ0v) is 12.9. The van der Waals surface area contributed by atoms with Gasteiger partial charge < -0.3 is 10.6 Å². The molecule has 1 heterocycles. The highest BCUT2D eigenvalue weighted by molar-refractivity contribution is 5.89. The highest BCUT2D eigenvalue weighted by Crippen LogP contribution is 2.35. The number of hydrogen-bond donors (Lipinski definition) is 1. The highest BCUT2D eigenvalue weighted by Gasteiger charge is 2.48. The number of hydrogen-bond acceptors (Lipinski definition) is 2. The number of likely N-dealkylation sites (tertiary alicyclic amines) is 1. The van der Waals surface area contributed by atoms with Gasteiger partial charge in [-0.15, -0.1) is 12.4 Å². The normalized spacial score (nSPS) is 20.8. The summed E-state index contributed by atoms with van der Waals surface area (Å²) in [4.78, 5) is 14.1. The lowest BCUT2D eigenvalue weighted by Crippen LogP contribution is -2.48. The van der Waals surface area contributed by atoms with Crippen molar-refractivity contribution in [1.82, 2.24) is 4.90 Å². The summed E-state index contributed by atoms with van der Waals surface area (Å²) < 4.78 is 13.2. The van der Waals surface area contributed by atoms with E-state index in [1.165, 1.54) is 6.07 Å². The number of nitrogens with two attached hydrogens (primary N) is 1. The van der Waals surface area contributed by atoms with Gasteiger partial charge in [-0.05, 0) is 55.7 Å². The molecule has 1 amide bonds. The van der Waals surface area contributed by atoms with Crippen LogP contribution in [0.25, 0.3) is 0 Å². The molecule has 0 atom stereocenters. The van der Waals surface area contributed by atoms with Gasteiger partial charge in [0.05, 0.1) is 5.54 Å². The van der Waals surface area contributed by atoms with Crippen LogP contribution in [0.15, 0.2) is 24.3 Å². The maximum Gasteiger partial charge on any atom is 0.242 e. The maximum absolute atomic E-state index is 13.2. The number of rotatable bonds is 3. The molecule has 5 heteroatoms. The number of piperidine rings is 1. The van der Waals surface area contributed by atoms with Crippen LogP contribution in [0.4, 0.5) is 4.39 Å². The van der Waals surface area contributed by atoms with Crippen LogP contribution in [0.5, 0.6) is 0 Å². The molecule has 1 aromatic rings. The number of carbonyl (C=O) groups excluding carboxylic acids is 1. The predicted octanol–water partition coefficient (Wildman–Crippen LogP) is 2.52. The fourth-order valence-corrected chi connectivity index (χ4v) is 3.00. The van der Waals surface area contributed by atoms with Gasteiger partial charge in [-0.1, -0.05) is 12.1 Å². The Morgan fingerprint density at radius 1 is 1.33 bits per heavy atom. The fraction of sp³-hybridized carbons (Fsp3) is 0.562. The summed E-state index contributed by atoms with van der Waals surface area (Å²) in [6, 6.07) is 6.81. The summed E-state index contributed by atoms with van der Waals surface area (Å²) >= 11 is 0. The molecular formula is C16H22ClFN2O. The van der Waals surface area contributed by atoms with Gasteiger partial charge in [0.2, 0.25) is 5.91 Å². The van der Waals surface area contributed by atoms with Crippen molar-refractivity contribution < 1.29 is 9.18 Å². The highest BCUT2D eigenvalue weighted by atomic mass is 35.5. The molecule has 1 saturated heterocycles. The third-order valence-corrected chi connectivity index (χ3v) is 4.53. The summed E-state index contributed by atoms with van der Waals surface area (Å²) in [5.74, 6) is 0.490. The van der Waals surface area contributed by atoms with E-state index in [4.69, 9.17) is 5.73 Å². The quantitative estimate of drug-likeness (QED) is 0.932. The van der Waals surface area contributed by atoms with Crippen molar-refractivity contribution in [1.29, 1.82) is 0 Å². The van der Waals surface area contributed by atoms with E-state index in [-0.39, 0.29) is 24.1 Å². The maximum atomic E-state index is 13.2. The molecular weight excluding hydrogens is 291 g/mol. The van der Waals surface area contributed by atoms with Crippen LogP contribution >= 0.6 is 12.4 Å². The first-order valence-corrected chi connectivity index (χ1v) is 7.39. The minimum atomic E-state index is -0.546. The lowest BCUT2D eigenvalue weighted by Gasteiger charge is -2.33. The summed E-state index contributed by atoms with van der Waals surface area (Å²) in [7, 11) is 0. The molecule has 0 unspecified atom stereocenters. The van der Waals surface area contributed by atoms with Crippen molar-refractivity contribution in [2.24, 2.45) is 11.7 Å². The molecule has 1 aliphatic heterocycles. The van der Waals surface area contributed by atoms with Crippen LogP contribution in [0.1, 0.15) is 31.2 Å². The van der Waals surface area contributed by atoms with Crippen molar-refractivity contribution in [3.05, 3.63) is 35.6 Å². The Morgan fingerprint density at radius 2 is 2.00 bits per heavy atom. The second-order valence-corrected chi connectivity index (χ2v) is 6.23. The van der Waals surface area contributed by atoms with Crippen molar-refractivity contribution in [2.75, 3.05) is 13.1 Å². The lowest BCUT2D eigenvalue weighted by molar-refractivity contribution is -0.135. The number of amides is 1. The molecule has 2 aliphatic rings. The predicted molar refractivity (Wildman–Crippen MR) is 82.8 cm³/mol. The molecule has 0 bridgehead atoms. The number of nitrogens with zero attached hydrogens (tertiary/aromatic N) is 1. The summed E-state index contributed by atoms with van der Waals surface area (Å²) in [6.45, 7) is 1.58. The van der Waals surface area contributed by atoms with Gasteiger partial charge in [-0.3, -0.25) is 4.79 Å². The van der Waals surface area contributed by atoms with Gasteiger partial charge in [0, 0.05) is 13.1 Å². The third kappa shape index (κ3) is 3.74. The zero-order chi connectivity index (χ0) is 14.2. The van der Waals surface area contributed by atoms with E-state index < -0.39 is 5.54 Å². The van der Waals surface area contributed by atoms with E-state index in [2.05, 4.69) is 0 Å². The van der Waals surface area contributed by atoms with Crippen molar-refractivity contribution in [2.45, 2.75) is 37.6 Å². The summed E-state index contributed by atoms with van der Waals surface area (Å²) in [5.41, 5.74) is 6.47. The van der Waals surface area contributed by atoms with Crippen LogP contribution in [0.2, 0.25) is 0 Å². The first-order chi connectivity index (χ1) is 9.57. The molecule has 0 radical (unpaired) electrons. The topological polar surface area (TPSA) is 46.3 Å². The van der Waals surface area contributed by atoms with E-state index in [1.807, 2.05) is 11.0 Å². The average molecular weight is 313 g/mol. The minimum absolute atomic E-state index is 0. The molecule has 2 N–H and O–H groups in total. The molecule has 116 valence electrons. The zero-order valence-electron chi connectivity index (χ0n) is 12.1. The monoisotopic (exact) mass is 312 g/mol. The first kappa shape index (κ1) is 16.2. The Labute approximate surface area is 131 Å². The van der Waals surface area contributed by atoms with E-state index in [1.54, 1.807) is 12.1 Å². The molecule has 0 spiro atoms. The second kappa shape index (κ2) is 6.32. The van der Waals surface area contributed by atoms with Crippen molar-refractivity contribution in [3.63, 3.8) is 0 Å². The van der Waals surface area contributed by atoms with Gasteiger partial charge in [0.15, 0.2) is 0 Å². The molecule has 3 rings (SSSR count). The molecule has 0 aromatic heterocycles.